The Kier molecular flexibility index (Phi) is 4.53. The number of aldehydes is 2. The molecule has 82 valence electrons. The second-order valence-electron chi connectivity index (χ2n) is 3.36. The van der Waals surface area contributed by atoms with Gasteiger partial charge in [-0.05, 0) is 12.8 Å². The highest BCUT2D eigenvalue weighted by molar-refractivity contribution is 5.75. The highest BCUT2D eigenvalue weighted by Crippen LogP contribution is 2.13. The van der Waals surface area contributed by atoms with Gasteiger partial charge in [0.1, 0.15) is 6.29 Å². The normalized spacial score (nSPS) is 16.3. The van der Waals surface area contributed by atoms with Crippen molar-refractivity contribution in [2.45, 2.75) is 12.8 Å². The Morgan fingerprint density at radius 3 is 3.00 bits per heavy atom. The summed E-state index contributed by atoms with van der Waals surface area (Å²) in [5, 5.41) is 2.98. The van der Waals surface area contributed by atoms with E-state index in [-0.39, 0.29) is 0 Å². The van der Waals surface area contributed by atoms with Gasteiger partial charge in [-0.25, -0.2) is 4.99 Å². The zero-order chi connectivity index (χ0) is 11.1. The van der Waals surface area contributed by atoms with Crippen molar-refractivity contribution >= 4 is 18.9 Å². The summed E-state index contributed by atoms with van der Waals surface area (Å²) in [6, 6.07) is 0. The van der Waals surface area contributed by atoms with Crippen LogP contribution in [0, 0.1) is 0 Å². The predicted octanol–water partition coefficient (Wildman–Crippen LogP) is -0.0607. The number of aliphatic imine (C=N–C) groups is 1. The van der Waals surface area contributed by atoms with E-state index < -0.39 is 0 Å². The number of hydrogen-bond acceptors (Lipinski definition) is 4. The molecule has 1 N–H and O–H groups in total. The minimum Gasteiger partial charge on any atom is -0.381 e. The van der Waals surface area contributed by atoms with Crippen molar-refractivity contribution in [3.8, 4) is 0 Å². The number of likely N-dealkylation sites (N-methyl/N-ethyl adjacent to an activating group) is 1. The first-order chi connectivity index (χ1) is 7.27. The molecule has 0 amide bonds. The number of rotatable bonds is 5. The van der Waals surface area contributed by atoms with Gasteiger partial charge in [0, 0.05) is 13.6 Å². The molecule has 0 spiro atoms. The van der Waals surface area contributed by atoms with E-state index in [4.69, 9.17) is 0 Å². The number of nitrogens with zero attached hydrogens (tertiary/aromatic N) is 2. The van der Waals surface area contributed by atoms with Gasteiger partial charge in [0.2, 0.25) is 0 Å². The Hall–Kier alpha value is -1.65. The smallest absolute Gasteiger partial charge is 0.167 e. The molecular formula is C10H15N3O2. The fraction of sp³-hybridized carbons (Fsp3) is 0.500. The highest BCUT2D eigenvalue weighted by Gasteiger charge is 2.09. The summed E-state index contributed by atoms with van der Waals surface area (Å²) in [5.74, 6) is 0. The monoisotopic (exact) mass is 209 g/mol. The maximum absolute atomic E-state index is 10.7. The van der Waals surface area contributed by atoms with E-state index in [0.29, 0.717) is 12.2 Å². The Morgan fingerprint density at radius 2 is 2.33 bits per heavy atom. The number of carbonyl (C=O) groups excluding carboxylic acids is 2. The molecule has 0 aromatic carbocycles. The minimum atomic E-state index is 0.306. The minimum absolute atomic E-state index is 0.306. The lowest BCUT2D eigenvalue weighted by Crippen LogP contribution is -2.23. The largest absolute Gasteiger partial charge is 0.381 e. The molecule has 0 unspecified atom stereocenters. The van der Waals surface area contributed by atoms with Crippen LogP contribution in [0.1, 0.15) is 12.8 Å². The molecule has 0 aliphatic carbocycles. The molecule has 5 heteroatoms. The van der Waals surface area contributed by atoms with Crippen LogP contribution in [-0.4, -0.2) is 43.9 Å². The van der Waals surface area contributed by atoms with Crippen molar-refractivity contribution < 1.29 is 9.59 Å². The number of carbonyl (C=O) groups is 2. The molecule has 0 radical (unpaired) electrons. The van der Waals surface area contributed by atoms with Gasteiger partial charge in [0.15, 0.2) is 6.29 Å². The molecular weight excluding hydrogens is 194 g/mol. The Bertz CT molecular complexity index is 297. The van der Waals surface area contributed by atoms with E-state index >= 15 is 0 Å². The molecule has 0 atom stereocenters. The fourth-order valence-electron chi connectivity index (χ4n) is 1.29. The Balaban J connectivity index is 2.65. The molecule has 15 heavy (non-hydrogen) atoms. The summed E-state index contributed by atoms with van der Waals surface area (Å²) in [6.07, 6.45) is 4.93. The van der Waals surface area contributed by atoms with E-state index in [0.717, 1.165) is 37.7 Å². The second-order valence-corrected chi connectivity index (χ2v) is 3.36. The summed E-state index contributed by atoms with van der Waals surface area (Å²) in [6.45, 7) is 1.12. The first-order valence-corrected chi connectivity index (χ1v) is 4.88. The van der Waals surface area contributed by atoms with Crippen molar-refractivity contribution in [1.29, 1.82) is 0 Å². The van der Waals surface area contributed by atoms with Gasteiger partial charge < -0.3 is 15.0 Å². The van der Waals surface area contributed by atoms with Crippen LogP contribution in [0.25, 0.3) is 0 Å². The molecule has 0 saturated carbocycles. The topological polar surface area (TPSA) is 61.8 Å². The average molecular weight is 209 g/mol. The quantitative estimate of drug-likeness (QED) is 0.391. The van der Waals surface area contributed by atoms with E-state index in [1.165, 1.54) is 0 Å². The van der Waals surface area contributed by atoms with Crippen LogP contribution < -0.4 is 5.32 Å². The molecule has 1 aliphatic rings. The van der Waals surface area contributed by atoms with Gasteiger partial charge in [0.25, 0.3) is 0 Å². The maximum Gasteiger partial charge on any atom is 0.167 e. The summed E-state index contributed by atoms with van der Waals surface area (Å²) in [5.41, 5.74) is 1.31. The third-order valence-corrected chi connectivity index (χ3v) is 2.11. The Labute approximate surface area is 88.9 Å². The fourth-order valence-corrected chi connectivity index (χ4v) is 1.29. The second kappa shape index (κ2) is 5.95. The zero-order valence-corrected chi connectivity index (χ0v) is 8.77. The molecule has 0 aromatic heterocycles. The van der Waals surface area contributed by atoms with E-state index in [1.807, 2.05) is 0 Å². The molecule has 0 fully saturated rings. The Morgan fingerprint density at radius 1 is 1.53 bits per heavy atom. The summed E-state index contributed by atoms with van der Waals surface area (Å²) < 4.78 is 0. The molecule has 1 aliphatic heterocycles. The van der Waals surface area contributed by atoms with Crippen molar-refractivity contribution in [1.82, 2.24) is 10.2 Å². The predicted molar refractivity (Wildman–Crippen MR) is 57.5 cm³/mol. The maximum atomic E-state index is 10.7. The third-order valence-electron chi connectivity index (χ3n) is 2.11. The summed E-state index contributed by atoms with van der Waals surface area (Å²) in [7, 11) is 1.76. The summed E-state index contributed by atoms with van der Waals surface area (Å²) >= 11 is 0. The van der Waals surface area contributed by atoms with Crippen LogP contribution in [0.4, 0.5) is 0 Å². The molecule has 1 heterocycles. The number of allylic oxidation sites excluding steroid dienone is 2. The van der Waals surface area contributed by atoms with Gasteiger partial charge >= 0.3 is 0 Å². The van der Waals surface area contributed by atoms with Crippen LogP contribution in [-0.2, 0) is 9.59 Å². The van der Waals surface area contributed by atoms with E-state index in [1.54, 1.807) is 18.3 Å². The molecule has 0 saturated heterocycles. The van der Waals surface area contributed by atoms with Crippen LogP contribution in [0.2, 0.25) is 0 Å². The van der Waals surface area contributed by atoms with E-state index in [9.17, 15) is 9.59 Å². The average Bonchev–Trinajstić information content (AvgIpc) is 2.27. The van der Waals surface area contributed by atoms with Gasteiger partial charge in [-0.15, -0.1) is 0 Å². The summed E-state index contributed by atoms with van der Waals surface area (Å²) in [4.78, 5) is 26.7. The molecule has 1 rings (SSSR count). The van der Waals surface area contributed by atoms with Crippen LogP contribution in [0.5, 0.6) is 0 Å². The van der Waals surface area contributed by atoms with Crippen LogP contribution in [0.15, 0.2) is 16.4 Å². The molecule has 0 aromatic rings. The first kappa shape index (κ1) is 11.4. The number of hydrogen-bond donors (Lipinski definition) is 1. The van der Waals surface area contributed by atoms with Crippen molar-refractivity contribution in [2.24, 2.45) is 4.99 Å². The lowest BCUT2D eigenvalue weighted by molar-refractivity contribution is -0.108. The van der Waals surface area contributed by atoms with Crippen molar-refractivity contribution in [2.75, 3.05) is 20.1 Å². The lowest BCUT2D eigenvalue weighted by Gasteiger charge is -2.16. The van der Waals surface area contributed by atoms with Gasteiger partial charge in [0.05, 0.1) is 24.3 Å². The van der Waals surface area contributed by atoms with Crippen LogP contribution in [0.3, 0.4) is 0 Å². The SMILES string of the molecule is CN(C=NC1=C(C=O)NCCC1)CC=O. The lowest BCUT2D eigenvalue weighted by atomic mass is 10.1. The first-order valence-electron chi connectivity index (χ1n) is 4.88. The molecule has 5 nitrogen and oxygen atoms in total. The van der Waals surface area contributed by atoms with Gasteiger partial charge in [-0.2, -0.15) is 0 Å². The van der Waals surface area contributed by atoms with E-state index in [2.05, 4.69) is 10.3 Å². The zero-order valence-electron chi connectivity index (χ0n) is 8.77. The van der Waals surface area contributed by atoms with Crippen molar-refractivity contribution in [3.05, 3.63) is 11.4 Å². The van der Waals surface area contributed by atoms with Gasteiger partial charge in [-0.1, -0.05) is 0 Å². The third kappa shape index (κ3) is 3.53. The van der Waals surface area contributed by atoms with Gasteiger partial charge in [-0.3, -0.25) is 4.79 Å². The van der Waals surface area contributed by atoms with Crippen LogP contribution >= 0.6 is 0 Å². The highest BCUT2D eigenvalue weighted by atomic mass is 16.1. The standard InChI is InChI=1S/C10H15N3O2/c1-13(5-6-14)8-12-9-3-2-4-11-10(9)7-15/h6-8,11H,2-5H2,1H3. The molecule has 0 bridgehead atoms. The van der Waals surface area contributed by atoms with Crippen molar-refractivity contribution in [3.63, 3.8) is 0 Å². The number of nitrogens with one attached hydrogen (secondary N) is 1.